The fourth-order valence-corrected chi connectivity index (χ4v) is 2.86. The summed E-state index contributed by atoms with van der Waals surface area (Å²) >= 11 is 5.94. The standard InChI is InChI=1S/C16H26ClN3/c1-13(2)14(11-18)12-19-7-9-20(10-8-19)16-5-3-15(17)4-6-16/h3-6,13-14H,7-12,18H2,1-2H3. The molecule has 0 saturated carbocycles. The molecule has 1 aliphatic heterocycles. The number of anilines is 1. The average molecular weight is 296 g/mol. The highest BCUT2D eigenvalue weighted by molar-refractivity contribution is 6.30. The van der Waals surface area contributed by atoms with Gasteiger partial charge in [-0.3, -0.25) is 4.90 Å². The normalized spacial score (nSPS) is 18.6. The van der Waals surface area contributed by atoms with Crippen molar-refractivity contribution in [3.63, 3.8) is 0 Å². The Hall–Kier alpha value is -0.770. The van der Waals surface area contributed by atoms with Crippen LogP contribution in [0.25, 0.3) is 0 Å². The van der Waals surface area contributed by atoms with E-state index in [2.05, 4.69) is 35.8 Å². The zero-order valence-electron chi connectivity index (χ0n) is 12.6. The molecule has 1 saturated heterocycles. The van der Waals surface area contributed by atoms with E-state index in [4.69, 9.17) is 17.3 Å². The van der Waals surface area contributed by atoms with Crippen molar-refractivity contribution in [3.05, 3.63) is 29.3 Å². The minimum absolute atomic E-state index is 0.608. The zero-order chi connectivity index (χ0) is 14.5. The van der Waals surface area contributed by atoms with Crippen LogP contribution in [0.3, 0.4) is 0 Å². The fraction of sp³-hybridized carbons (Fsp3) is 0.625. The molecular weight excluding hydrogens is 270 g/mol. The third-order valence-corrected chi connectivity index (χ3v) is 4.55. The van der Waals surface area contributed by atoms with Crippen LogP contribution in [0.5, 0.6) is 0 Å². The summed E-state index contributed by atoms with van der Waals surface area (Å²) in [7, 11) is 0. The van der Waals surface area contributed by atoms with Gasteiger partial charge in [-0.15, -0.1) is 0 Å². The topological polar surface area (TPSA) is 32.5 Å². The molecule has 0 spiro atoms. The minimum atomic E-state index is 0.608. The van der Waals surface area contributed by atoms with Gasteiger partial charge in [0.25, 0.3) is 0 Å². The predicted molar refractivity (Wildman–Crippen MR) is 87.5 cm³/mol. The van der Waals surface area contributed by atoms with E-state index in [0.29, 0.717) is 11.8 Å². The SMILES string of the molecule is CC(C)C(CN)CN1CCN(c2ccc(Cl)cc2)CC1. The number of benzene rings is 1. The highest BCUT2D eigenvalue weighted by Crippen LogP contribution is 2.20. The lowest BCUT2D eigenvalue weighted by Gasteiger charge is -2.38. The van der Waals surface area contributed by atoms with Crippen LogP contribution in [-0.4, -0.2) is 44.2 Å². The summed E-state index contributed by atoms with van der Waals surface area (Å²) < 4.78 is 0. The minimum Gasteiger partial charge on any atom is -0.369 e. The summed E-state index contributed by atoms with van der Waals surface area (Å²) in [5.41, 5.74) is 7.15. The molecule has 1 fully saturated rings. The summed E-state index contributed by atoms with van der Waals surface area (Å²) in [6.45, 7) is 10.8. The van der Waals surface area contributed by atoms with Crippen molar-refractivity contribution in [2.75, 3.05) is 44.2 Å². The molecule has 20 heavy (non-hydrogen) atoms. The number of hydrogen-bond acceptors (Lipinski definition) is 3. The highest BCUT2D eigenvalue weighted by Gasteiger charge is 2.21. The van der Waals surface area contributed by atoms with E-state index in [1.807, 2.05) is 12.1 Å². The van der Waals surface area contributed by atoms with E-state index in [1.165, 1.54) is 5.69 Å². The van der Waals surface area contributed by atoms with Gasteiger partial charge in [-0.05, 0) is 42.6 Å². The van der Waals surface area contributed by atoms with Crippen molar-refractivity contribution in [1.82, 2.24) is 4.90 Å². The van der Waals surface area contributed by atoms with Gasteiger partial charge < -0.3 is 10.6 Å². The Morgan fingerprint density at radius 1 is 1.10 bits per heavy atom. The summed E-state index contributed by atoms with van der Waals surface area (Å²) in [5.74, 6) is 1.27. The van der Waals surface area contributed by atoms with Gasteiger partial charge in [0.15, 0.2) is 0 Å². The van der Waals surface area contributed by atoms with Crippen molar-refractivity contribution in [2.24, 2.45) is 17.6 Å². The van der Waals surface area contributed by atoms with Gasteiger partial charge >= 0.3 is 0 Å². The Balaban J connectivity index is 1.84. The molecule has 112 valence electrons. The van der Waals surface area contributed by atoms with Crippen LogP contribution >= 0.6 is 11.6 Å². The first-order chi connectivity index (χ1) is 9.60. The smallest absolute Gasteiger partial charge is 0.0407 e. The van der Waals surface area contributed by atoms with Crippen LogP contribution < -0.4 is 10.6 Å². The first kappa shape index (κ1) is 15.6. The van der Waals surface area contributed by atoms with Crippen molar-refractivity contribution >= 4 is 17.3 Å². The Bertz CT molecular complexity index is 397. The van der Waals surface area contributed by atoms with Crippen LogP contribution in [-0.2, 0) is 0 Å². The van der Waals surface area contributed by atoms with Crippen molar-refractivity contribution in [2.45, 2.75) is 13.8 Å². The van der Waals surface area contributed by atoms with Crippen molar-refractivity contribution in [1.29, 1.82) is 0 Å². The van der Waals surface area contributed by atoms with Crippen LogP contribution in [0.4, 0.5) is 5.69 Å². The van der Waals surface area contributed by atoms with Gasteiger partial charge in [0.2, 0.25) is 0 Å². The number of halogens is 1. The molecule has 3 nitrogen and oxygen atoms in total. The largest absolute Gasteiger partial charge is 0.369 e. The van der Waals surface area contributed by atoms with E-state index < -0.39 is 0 Å². The van der Waals surface area contributed by atoms with Gasteiger partial charge in [-0.1, -0.05) is 25.4 Å². The second kappa shape index (κ2) is 7.30. The van der Waals surface area contributed by atoms with Gasteiger partial charge in [-0.25, -0.2) is 0 Å². The number of rotatable bonds is 5. The average Bonchev–Trinajstić information content (AvgIpc) is 2.46. The molecule has 2 rings (SSSR count). The first-order valence-electron chi connectivity index (χ1n) is 7.53. The maximum absolute atomic E-state index is 5.94. The molecule has 0 amide bonds. The molecule has 0 radical (unpaired) electrons. The Kier molecular flexibility index (Phi) is 5.70. The second-order valence-corrected chi connectivity index (χ2v) is 6.44. The van der Waals surface area contributed by atoms with Gasteiger partial charge in [0.1, 0.15) is 0 Å². The van der Waals surface area contributed by atoms with Gasteiger partial charge in [0, 0.05) is 43.4 Å². The molecule has 1 atom stereocenters. The maximum atomic E-state index is 5.94. The molecule has 0 bridgehead atoms. The zero-order valence-corrected chi connectivity index (χ0v) is 13.3. The summed E-state index contributed by atoms with van der Waals surface area (Å²) in [4.78, 5) is 4.98. The summed E-state index contributed by atoms with van der Waals surface area (Å²) in [6, 6.07) is 8.14. The highest BCUT2D eigenvalue weighted by atomic mass is 35.5. The molecule has 1 unspecified atom stereocenters. The molecule has 2 N–H and O–H groups in total. The van der Waals surface area contributed by atoms with Crippen molar-refractivity contribution < 1.29 is 0 Å². The molecule has 1 aromatic rings. The third kappa shape index (κ3) is 4.11. The lowest BCUT2D eigenvalue weighted by Crippen LogP contribution is -2.49. The molecule has 1 aliphatic rings. The van der Waals surface area contributed by atoms with E-state index in [1.54, 1.807) is 0 Å². The van der Waals surface area contributed by atoms with Crippen LogP contribution in [0.1, 0.15) is 13.8 Å². The number of nitrogens with two attached hydrogens (primary N) is 1. The van der Waals surface area contributed by atoms with E-state index in [-0.39, 0.29) is 0 Å². The monoisotopic (exact) mass is 295 g/mol. The Labute approximate surface area is 127 Å². The Morgan fingerprint density at radius 2 is 1.70 bits per heavy atom. The summed E-state index contributed by atoms with van der Waals surface area (Å²) in [5, 5.41) is 0.801. The van der Waals surface area contributed by atoms with Crippen LogP contribution in [0.2, 0.25) is 5.02 Å². The van der Waals surface area contributed by atoms with E-state index in [9.17, 15) is 0 Å². The van der Waals surface area contributed by atoms with Gasteiger partial charge in [0.05, 0.1) is 0 Å². The van der Waals surface area contributed by atoms with E-state index >= 15 is 0 Å². The lowest BCUT2D eigenvalue weighted by atomic mass is 9.95. The number of piperazine rings is 1. The lowest BCUT2D eigenvalue weighted by molar-refractivity contribution is 0.195. The number of nitrogens with zero attached hydrogens (tertiary/aromatic N) is 2. The van der Waals surface area contributed by atoms with E-state index in [0.717, 1.165) is 44.3 Å². The van der Waals surface area contributed by atoms with Crippen molar-refractivity contribution in [3.8, 4) is 0 Å². The molecular formula is C16H26ClN3. The van der Waals surface area contributed by atoms with Crippen LogP contribution in [0.15, 0.2) is 24.3 Å². The first-order valence-corrected chi connectivity index (χ1v) is 7.91. The Morgan fingerprint density at radius 3 is 2.20 bits per heavy atom. The third-order valence-electron chi connectivity index (χ3n) is 4.30. The summed E-state index contributed by atoms with van der Waals surface area (Å²) in [6.07, 6.45) is 0. The molecule has 1 heterocycles. The number of hydrogen-bond donors (Lipinski definition) is 1. The molecule has 1 aromatic carbocycles. The molecule has 0 aliphatic carbocycles. The van der Waals surface area contributed by atoms with Crippen LogP contribution in [0, 0.1) is 11.8 Å². The van der Waals surface area contributed by atoms with Gasteiger partial charge in [-0.2, -0.15) is 0 Å². The quantitative estimate of drug-likeness (QED) is 0.906. The molecule has 4 heteroatoms. The second-order valence-electron chi connectivity index (χ2n) is 6.00. The molecule has 0 aromatic heterocycles. The maximum Gasteiger partial charge on any atom is 0.0407 e. The fourth-order valence-electron chi connectivity index (χ4n) is 2.73. The predicted octanol–water partition coefficient (Wildman–Crippen LogP) is 2.69.